The molecule has 17 heavy (non-hydrogen) atoms. The molecule has 0 saturated carbocycles. The molecule has 2 rings (SSSR count). The van der Waals surface area contributed by atoms with Crippen molar-refractivity contribution in [2.45, 2.75) is 31.8 Å². The van der Waals surface area contributed by atoms with Crippen LogP contribution in [-0.4, -0.2) is 28.8 Å². The average Bonchev–Trinajstić information content (AvgIpc) is 2.32. The van der Waals surface area contributed by atoms with Gasteiger partial charge in [-0.3, -0.25) is 4.98 Å². The van der Waals surface area contributed by atoms with Gasteiger partial charge in [-0.1, -0.05) is 6.92 Å². The number of hydrogen-bond donors (Lipinski definition) is 3. The second kappa shape index (κ2) is 5.02. The number of aromatic nitrogens is 1. The predicted molar refractivity (Wildman–Crippen MR) is 68.6 cm³/mol. The van der Waals surface area contributed by atoms with E-state index in [1.54, 1.807) is 18.5 Å². The van der Waals surface area contributed by atoms with Gasteiger partial charge in [0.15, 0.2) is 0 Å². The molecule has 0 amide bonds. The van der Waals surface area contributed by atoms with Gasteiger partial charge in [0, 0.05) is 37.0 Å². The van der Waals surface area contributed by atoms with Gasteiger partial charge in [-0.2, -0.15) is 0 Å². The van der Waals surface area contributed by atoms with Gasteiger partial charge in [-0.15, -0.1) is 0 Å². The quantitative estimate of drug-likeness (QED) is 0.729. The van der Waals surface area contributed by atoms with Crippen LogP contribution in [0.15, 0.2) is 18.5 Å². The summed E-state index contributed by atoms with van der Waals surface area (Å²) >= 11 is 0. The minimum absolute atomic E-state index is 0.288. The lowest BCUT2D eigenvalue weighted by Crippen LogP contribution is -2.51. The van der Waals surface area contributed by atoms with E-state index in [1.807, 2.05) is 0 Å². The molecule has 1 saturated heterocycles. The molecule has 4 nitrogen and oxygen atoms in total. The number of nitrogens with one attached hydrogen (secondary N) is 1. The normalized spacial score (nSPS) is 29.2. The number of aliphatic hydroxyl groups is 1. The maximum Gasteiger partial charge on any atom is 0.0741 e. The standard InChI is InChI=1S/C13H21N3O/c1-2-11-9-16-6-4-13(11,17)7-10-8-15-5-3-12(10)14/h3,5,8,11,16-17H,2,4,6-7,9H2,1H3,(H2,14,15). The predicted octanol–water partition coefficient (Wildman–Crippen LogP) is 0.957. The van der Waals surface area contributed by atoms with Crippen LogP contribution in [0.2, 0.25) is 0 Å². The smallest absolute Gasteiger partial charge is 0.0741 e. The van der Waals surface area contributed by atoms with Gasteiger partial charge in [0.25, 0.3) is 0 Å². The van der Waals surface area contributed by atoms with Crippen molar-refractivity contribution in [1.82, 2.24) is 10.3 Å². The summed E-state index contributed by atoms with van der Waals surface area (Å²) in [5.74, 6) is 0.288. The third kappa shape index (κ3) is 2.58. The molecular formula is C13H21N3O. The van der Waals surface area contributed by atoms with Gasteiger partial charge in [0.05, 0.1) is 5.60 Å². The van der Waals surface area contributed by atoms with E-state index < -0.39 is 5.60 Å². The maximum atomic E-state index is 10.8. The van der Waals surface area contributed by atoms with Gasteiger partial charge in [-0.05, 0) is 31.0 Å². The fourth-order valence-corrected chi connectivity index (χ4v) is 2.65. The van der Waals surface area contributed by atoms with Crippen LogP contribution < -0.4 is 11.1 Å². The number of nitrogen functional groups attached to an aromatic ring is 1. The fraction of sp³-hybridized carbons (Fsp3) is 0.615. The Labute approximate surface area is 102 Å². The summed E-state index contributed by atoms with van der Waals surface area (Å²) in [5.41, 5.74) is 6.95. The zero-order chi connectivity index (χ0) is 12.3. The molecule has 1 fully saturated rings. The lowest BCUT2D eigenvalue weighted by Gasteiger charge is -2.40. The van der Waals surface area contributed by atoms with E-state index in [0.717, 1.165) is 37.2 Å². The van der Waals surface area contributed by atoms with Crippen LogP contribution in [-0.2, 0) is 6.42 Å². The van der Waals surface area contributed by atoms with Gasteiger partial charge >= 0.3 is 0 Å². The minimum atomic E-state index is -0.642. The Hall–Kier alpha value is -1.13. The Kier molecular flexibility index (Phi) is 3.64. The summed E-state index contributed by atoms with van der Waals surface area (Å²) in [4.78, 5) is 4.09. The molecule has 1 aromatic rings. The highest BCUT2D eigenvalue weighted by molar-refractivity contribution is 5.45. The Morgan fingerprint density at radius 1 is 1.65 bits per heavy atom. The first-order valence-electron chi connectivity index (χ1n) is 6.27. The second-order valence-corrected chi connectivity index (χ2v) is 4.91. The third-order valence-corrected chi connectivity index (χ3v) is 3.82. The van der Waals surface area contributed by atoms with E-state index in [1.165, 1.54) is 0 Å². The number of rotatable bonds is 3. The zero-order valence-corrected chi connectivity index (χ0v) is 10.3. The summed E-state index contributed by atoms with van der Waals surface area (Å²) in [7, 11) is 0. The number of anilines is 1. The fourth-order valence-electron chi connectivity index (χ4n) is 2.65. The molecular weight excluding hydrogens is 214 g/mol. The number of hydrogen-bond acceptors (Lipinski definition) is 4. The van der Waals surface area contributed by atoms with Crippen molar-refractivity contribution in [2.24, 2.45) is 5.92 Å². The summed E-state index contributed by atoms with van der Waals surface area (Å²) in [6, 6.07) is 1.79. The van der Waals surface area contributed by atoms with Crippen molar-refractivity contribution in [3.63, 3.8) is 0 Å². The second-order valence-electron chi connectivity index (χ2n) is 4.91. The highest BCUT2D eigenvalue weighted by Crippen LogP contribution is 2.31. The van der Waals surface area contributed by atoms with Crippen molar-refractivity contribution in [3.05, 3.63) is 24.0 Å². The maximum absolute atomic E-state index is 10.8. The first kappa shape index (κ1) is 12.3. The molecule has 1 aliphatic heterocycles. The Balaban J connectivity index is 2.18. The Morgan fingerprint density at radius 3 is 3.18 bits per heavy atom. The molecule has 0 aromatic carbocycles. The summed E-state index contributed by atoms with van der Waals surface area (Å²) in [5, 5.41) is 14.1. The summed E-state index contributed by atoms with van der Waals surface area (Å²) < 4.78 is 0. The molecule has 0 aliphatic carbocycles. The van der Waals surface area contributed by atoms with Crippen molar-refractivity contribution in [2.75, 3.05) is 18.8 Å². The molecule has 0 spiro atoms. The van der Waals surface area contributed by atoms with Crippen LogP contribution in [0.5, 0.6) is 0 Å². The summed E-state index contributed by atoms with van der Waals surface area (Å²) in [6.45, 7) is 3.87. The van der Waals surface area contributed by atoms with E-state index in [2.05, 4.69) is 17.2 Å². The number of piperidine rings is 1. The van der Waals surface area contributed by atoms with Crippen LogP contribution in [0.4, 0.5) is 5.69 Å². The average molecular weight is 235 g/mol. The van der Waals surface area contributed by atoms with Crippen LogP contribution in [0, 0.1) is 5.92 Å². The Bertz CT molecular complexity index is 383. The first-order valence-corrected chi connectivity index (χ1v) is 6.27. The Morgan fingerprint density at radius 2 is 2.47 bits per heavy atom. The van der Waals surface area contributed by atoms with Crippen LogP contribution in [0.25, 0.3) is 0 Å². The lowest BCUT2D eigenvalue weighted by atomic mass is 9.76. The van der Waals surface area contributed by atoms with Crippen molar-refractivity contribution >= 4 is 5.69 Å². The van der Waals surface area contributed by atoms with E-state index in [-0.39, 0.29) is 5.92 Å². The topological polar surface area (TPSA) is 71.2 Å². The SMILES string of the molecule is CCC1CNCCC1(O)Cc1cnccc1N. The highest BCUT2D eigenvalue weighted by Gasteiger charge is 2.38. The van der Waals surface area contributed by atoms with Crippen molar-refractivity contribution in [1.29, 1.82) is 0 Å². The van der Waals surface area contributed by atoms with E-state index in [4.69, 9.17) is 5.73 Å². The van der Waals surface area contributed by atoms with Crippen molar-refractivity contribution in [3.8, 4) is 0 Å². The molecule has 0 radical (unpaired) electrons. The molecule has 0 bridgehead atoms. The minimum Gasteiger partial charge on any atom is -0.398 e. The van der Waals surface area contributed by atoms with Gasteiger partial charge in [0.1, 0.15) is 0 Å². The van der Waals surface area contributed by atoms with E-state index >= 15 is 0 Å². The zero-order valence-electron chi connectivity index (χ0n) is 10.3. The van der Waals surface area contributed by atoms with E-state index in [9.17, 15) is 5.11 Å². The molecule has 94 valence electrons. The summed E-state index contributed by atoms with van der Waals surface area (Å²) in [6.07, 6.45) is 5.81. The first-order chi connectivity index (χ1) is 8.15. The molecule has 4 N–H and O–H groups in total. The van der Waals surface area contributed by atoms with E-state index in [0.29, 0.717) is 6.42 Å². The number of pyridine rings is 1. The number of nitrogens with two attached hydrogens (primary N) is 1. The van der Waals surface area contributed by atoms with Crippen LogP contribution >= 0.6 is 0 Å². The molecule has 2 heterocycles. The highest BCUT2D eigenvalue weighted by atomic mass is 16.3. The van der Waals surface area contributed by atoms with Crippen LogP contribution in [0.1, 0.15) is 25.3 Å². The van der Waals surface area contributed by atoms with Gasteiger partial charge < -0.3 is 16.2 Å². The van der Waals surface area contributed by atoms with Gasteiger partial charge in [0.2, 0.25) is 0 Å². The van der Waals surface area contributed by atoms with Crippen LogP contribution in [0.3, 0.4) is 0 Å². The molecule has 2 unspecified atom stereocenters. The van der Waals surface area contributed by atoms with Crippen molar-refractivity contribution < 1.29 is 5.11 Å². The third-order valence-electron chi connectivity index (χ3n) is 3.82. The molecule has 1 aromatic heterocycles. The lowest BCUT2D eigenvalue weighted by molar-refractivity contribution is -0.0413. The molecule has 1 aliphatic rings. The van der Waals surface area contributed by atoms with Gasteiger partial charge in [-0.25, -0.2) is 0 Å². The number of nitrogens with zero attached hydrogens (tertiary/aromatic N) is 1. The monoisotopic (exact) mass is 235 g/mol. The largest absolute Gasteiger partial charge is 0.398 e. The molecule has 4 heteroatoms. The molecule has 2 atom stereocenters.